The second kappa shape index (κ2) is 7.28. The summed E-state index contributed by atoms with van der Waals surface area (Å²) in [5, 5.41) is 4.81. The van der Waals surface area contributed by atoms with E-state index in [9.17, 15) is 14.4 Å². The van der Waals surface area contributed by atoms with Crippen molar-refractivity contribution in [3.63, 3.8) is 0 Å². The monoisotopic (exact) mass is 327 g/mol. The van der Waals surface area contributed by atoms with E-state index >= 15 is 0 Å². The van der Waals surface area contributed by atoms with Crippen molar-refractivity contribution in [3.8, 4) is 0 Å². The molecule has 0 aromatic heterocycles. The van der Waals surface area contributed by atoms with Gasteiger partial charge in [0.05, 0.1) is 29.7 Å². The fourth-order valence-electron chi connectivity index (χ4n) is 2.03. The van der Waals surface area contributed by atoms with Crippen LogP contribution < -0.4 is 16.4 Å². The van der Waals surface area contributed by atoms with Crippen LogP contribution in [-0.4, -0.2) is 24.9 Å². The number of carbonyl (C=O) groups excluding carboxylic acids is 3. The number of aryl methyl sites for hydroxylation is 1. The van der Waals surface area contributed by atoms with Crippen LogP contribution in [0.3, 0.4) is 0 Å². The lowest BCUT2D eigenvalue weighted by atomic mass is 10.1. The van der Waals surface area contributed by atoms with Gasteiger partial charge in [0, 0.05) is 0 Å². The van der Waals surface area contributed by atoms with Gasteiger partial charge in [0.15, 0.2) is 0 Å². The Kier molecular flexibility index (Phi) is 5.16. The van der Waals surface area contributed by atoms with E-state index in [0.29, 0.717) is 11.4 Å². The van der Waals surface area contributed by atoms with Crippen LogP contribution in [0.4, 0.5) is 17.1 Å². The van der Waals surface area contributed by atoms with Crippen LogP contribution >= 0.6 is 0 Å². The Hall–Kier alpha value is -3.35. The molecule has 4 N–H and O–H groups in total. The van der Waals surface area contributed by atoms with Crippen molar-refractivity contribution < 1.29 is 19.1 Å². The second-order valence-corrected chi connectivity index (χ2v) is 5.04. The Balaban J connectivity index is 2.12. The Bertz CT molecular complexity index is 802. The normalized spacial score (nSPS) is 9.92. The molecule has 124 valence electrons. The van der Waals surface area contributed by atoms with Gasteiger partial charge >= 0.3 is 17.8 Å². The lowest BCUT2D eigenvalue weighted by molar-refractivity contribution is -0.132. The summed E-state index contributed by atoms with van der Waals surface area (Å²) in [6.07, 6.45) is 0. The first-order valence-electron chi connectivity index (χ1n) is 7.08. The van der Waals surface area contributed by atoms with Crippen molar-refractivity contribution >= 4 is 34.8 Å². The molecule has 2 aromatic carbocycles. The molecule has 0 aliphatic rings. The highest BCUT2D eigenvalue weighted by Crippen LogP contribution is 2.20. The molecule has 0 heterocycles. The minimum absolute atomic E-state index is 0.149. The van der Waals surface area contributed by atoms with Crippen molar-refractivity contribution in [1.29, 1.82) is 0 Å². The number of ether oxygens (including phenoxy) is 1. The molecule has 0 aliphatic carbocycles. The molecule has 0 spiro atoms. The van der Waals surface area contributed by atoms with Crippen LogP contribution in [0, 0.1) is 6.92 Å². The topological polar surface area (TPSA) is 111 Å². The molecular weight excluding hydrogens is 310 g/mol. The largest absolute Gasteiger partial charge is 0.465 e. The molecule has 2 rings (SSSR count). The Morgan fingerprint density at radius 2 is 1.58 bits per heavy atom. The summed E-state index contributed by atoms with van der Waals surface area (Å²) in [6.45, 7) is 1.86. The summed E-state index contributed by atoms with van der Waals surface area (Å²) >= 11 is 0. The number of para-hydroxylation sites is 1. The molecule has 0 atom stereocenters. The Morgan fingerprint density at radius 3 is 2.21 bits per heavy atom. The summed E-state index contributed by atoms with van der Waals surface area (Å²) in [6, 6.07) is 11.3. The predicted molar refractivity (Wildman–Crippen MR) is 90.6 cm³/mol. The van der Waals surface area contributed by atoms with E-state index in [1.54, 1.807) is 30.3 Å². The Labute approximate surface area is 138 Å². The smallest absolute Gasteiger partial charge is 0.339 e. The first kappa shape index (κ1) is 17.0. The van der Waals surface area contributed by atoms with Crippen molar-refractivity contribution in [1.82, 2.24) is 0 Å². The van der Waals surface area contributed by atoms with Crippen molar-refractivity contribution in [3.05, 3.63) is 53.6 Å². The minimum atomic E-state index is -0.925. The number of benzene rings is 2. The number of hydrogen-bond acceptors (Lipinski definition) is 5. The first-order valence-corrected chi connectivity index (χ1v) is 7.08. The summed E-state index contributed by atoms with van der Waals surface area (Å²) in [5.74, 6) is -2.44. The number of nitrogen functional groups attached to an aromatic ring is 1. The maximum absolute atomic E-state index is 12.0. The third kappa shape index (κ3) is 3.89. The summed E-state index contributed by atoms with van der Waals surface area (Å²) < 4.78 is 4.63. The number of hydrogen-bond donors (Lipinski definition) is 3. The molecule has 0 aliphatic heterocycles. The zero-order valence-corrected chi connectivity index (χ0v) is 13.3. The molecule has 0 bridgehead atoms. The van der Waals surface area contributed by atoms with Gasteiger partial charge < -0.3 is 21.1 Å². The lowest BCUT2D eigenvalue weighted by Crippen LogP contribution is -2.30. The molecule has 0 unspecified atom stereocenters. The van der Waals surface area contributed by atoms with Gasteiger partial charge in [-0.25, -0.2) is 4.79 Å². The van der Waals surface area contributed by atoms with E-state index in [-0.39, 0.29) is 11.3 Å². The molecule has 24 heavy (non-hydrogen) atoms. The third-order valence-electron chi connectivity index (χ3n) is 3.24. The zero-order valence-electron chi connectivity index (χ0n) is 13.3. The molecule has 0 radical (unpaired) electrons. The van der Waals surface area contributed by atoms with E-state index in [1.165, 1.54) is 19.2 Å². The van der Waals surface area contributed by atoms with E-state index in [2.05, 4.69) is 15.4 Å². The van der Waals surface area contributed by atoms with Gasteiger partial charge in [0.25, 0.3) is 0 Å². The molecule has 0 saturated heterocycles. The zero-order chi connectivity index (χ0) is 17.7. The second-order valence-electron chi connectivity index (χ2n) is 5.04. The van der Waals surface area contributed by atoms with Crippen molar-refractivity contribution in [2.75, 3.05) is 23.5 Å². The molecule has 2 amide bonds. The van der Waals surface area contributed by atoms with Crippen LogP contribution in [-0.2, 0) is 14.3 Å². The highest BCUT2D eigenvalue weighted by atomic mass is 16.5. The van der Waals surface area contributed by atoms with Crippen LogP contribution in [0.2, 0.25) is 0 Å². The predicted octanol–water partition coefficient (Wildman–Crippen LogP) is 1.94. The van der Waals surface area contributed by atoms with Gasteiger partial charge in [0.2, 0.25) is 0 Å². The summed E-state index contributed by atoms with van der Waals surface area (Å²) in [5.41, 5.74) is 7.75. The maximum atomic E-state index is 12.0. The van der Waals surface area contributed by atoms with Crippen LogP contribution in [0.15, 0.2) is 42.5 Å². The standard InChI is InChI=1S/C17H17N3O4/c1-10-7-8-14(12(18)9-10)20-16(22)15(21)19-13-6-4-3-5-11(13)17(23)24-2/h3-9H,18H2,1-2H3,(H,19,21)(H,20,22). The molecule has 0 saturated carbocycles. The number of carbonyl (C=O) groups is 3. The van der Waals surface area contributed by atoms with E-state index in [1.807, 2.05) is 6.92 Å². The number of rotatable bonds is 3. The summed E-state index contributed by atoms with van der Waals surface area (Å²) in [4.78, 5) is 35.7. The Morgan fingerprint density at radius 1 is 0.958 bits per heavy atom. The average molecular weight is 327 g/mol. The van der Waals surface area contributed by atoms with Crippen LogP contribution in [0.25, 0.3) is 0 Å². The first-order chi connectivity index (χ1) is 11.4. The SMILES string of the molecule is COC(=O)c1ccccc1NC(=O)C(=O)Nc1ccc(C)cc1N. The number of nitrogens with two attached hydrogens (primary N) is 1. The van der Waals surface area contributed by atoms with Gasteiger partial charge in [0.1, 0.15) is 0 Å². The molecular formula is C17H17N3O4. The minimum Gasteiger partial charge on any atom is -0.465 e. The quantitative estimate of drug-likeness (QED) is 0.453. The third-order valence-corrected chi connectivity index (χ3v) is 3.24. The number of methoxy groups -OCH3 is 1. The lowest BCUT2D eigenvalue weighted by Gasteiger charge is -2.11. The highest BCUT2D eigenvalue weighted by molar-refractivity contribution is 6.44. The van der Waals surface area contributed by atoms with Crippen molar-refractivity contribution in [2.24, 2.45) is 0 Å². The summed E-state index contributed by atoms with van der Waals surface area (Å²) in [7, 11) is 1.23. The molecule has 2 aromatic rings. The van der Waals surface area contributed by atoms with Gasteiger partial charge in [-0.3, -0.25) is 9.59 Å². The number of amides is 2. The number of nitrogens with one attached hydrogen (secondary N) is 2. The highest BCUT2D eigenvalue weighted by Gasteiger charge is 2.18. The fraction of sp³-hybridized carbons (Fsp3) is 0.118. The van der Waals surface area contributed by atoms with Crippen LogP contribution in [0.1, 0.15) is 15.9 Å². The van der Waals surface area contributed by atoms with Gasteiger partial charge in [-0.15, -0.1) is 0 Å². The van der Waals surface area contributed by atoms with E-state index in [4.69, 9.17) is 5.73 Å². The van der Waals surface area contributed by atoms with Gasteiger partial charge in [-0.1, -0.05) is 18.2 Å². The van der Waals surface area contributed by atoms with E-state index < -0.39 is 17.8 Å². The number of anilines is 3. The van der Waals surface area contributed by atoms with E-state index in [0.717, 1.165) is 5.56 Å². The van der Waals surface area contributed by atoms with Gasteiger partial charge in [-0.2, -0.15) is 0 Å². The fourth-order valence-corrected chi connectivity index (χ4v) is 2.03. The molecule has 7 nitrogen and oxygen atoms in total. The molecule has 7 heteroatoms. The number of esters is 1. The maximum Gasteiger partial charge on any atom is 0.339 e. The van der Waals surface area contributed by atoms with Gasteiger partial charge in [-0.05, 0) is 36.8 Å². The average Bonchev–Trinajstić information content (AvgIpc) is 2.57. The van der Waals surface area contributed by atoms with Crippen molar-refractivity contribution in [2.45, 2.75) is 6.92 Å². The molecule has 0 fully saturated rings. The van der Waals surface area contributed by atoms with Crippen LogP contribution in [0.5, 0.6) is 0 Å².